The van der Waals surface area contributed by atoms with Crippen molar-refractivity contribution in [2.75, 3.05) is 18.1 Å². The Hall–Kier alpha value is -2.21. The molecule has 0 amide bonds. The van der Waals surface area contributed by atoms with Gasteiger partial charge in [0, 0.05) is 4.91 Å². The number of hydrogen-bond acceptors (Lipinski definition) is 14. The van der Waals surface area contributed by atoms with E-state index in [1.807, 2.05) is 0 Å². The summed E-state index contributed by atoms with van der Waals surface area (Å²) < 4.78 is 52.7. The lowest BCUT2D eigenvalue weighted by Crippen LogP contribution is -2.42. The summed E-state index contributed by atoms with van der Waals surface area (Å²) in [4.78, 5) is 50.4. The first-order valence-electron chi connectivity index (χ1n) is 8.91. The van der Waals surface area contributed by atoms with Crippen LogP contribution in [0.5, 0.6) is 0 Å². The van der Waals surface area contributed by atoms with Gasteiger partial charge < -0.3 is 40.9 Å². The minimum absolute atomic E-state index is 0.0279. The summed E-state index contributed by atoms with van der Waals surface area (Å²) in [5, 5.41) is 14.3. The third kappa shape index (κ3) is 5.96. The molecule has 0 radical (unpaired) electrons. The van der Waals surface area contributed by atoms with E-state index in [1.54, 1.807) is 0 Å². The molecule has 0 bridgehead atoms. The highest BCUT2D eigenvalue weighted by Gasteiger charge is 2.55. The van der Waals surface area contributed by atoms with Crippen LogP contribution in [0.2, 0.25) is 0 Å². The largest absolute Gasteiger partial charge is 0.490 e. The number of ether oxygens (including phenoxy) is 1. The summed E-state index contributed by atoms with van der Waals surface area (Å²) in [5.41, 5.74) is 18.7. The Morgan fingerprint density at radius 3 is 2.49 bits per heavy atom. The number of nitrogen functional groups attached to an aromatic ring is 2. The van der Waals surface area contributed by atoms with Crippen molar-refractivity contribution in [3.05, 3.63) is 16.8 Å². The highest BCUT2D eigenvalue weighted by molar-refractivity contribution is 7.66. The number of imidazole rings is 1. The van der Waals surface area contributed by atoms with Crippen LogP contribution in [0.25, 0.3) is 21.6 Å². The van der Waals surface area contributed by atoms with Crippen molar-refractivity contribution in [1.82, 2.24) is 19.5 Å². The van der Waals surface area contributed by atoms with Gasteiger partial charge in [-0.15, -0.1) is 0 Å². The molecule has 21 nitrogen and oxygen atoms in total. The number of azide groups is 1. The summed E-state index contributed by atoms with van der Waals surface area (Å²) in [5.74, 6) is -0.315. The first-order chi connectivity index (χ1) is 16.0. The molecule has 2 aromatic rings. The molecule has 1 aliphatic heterocycles. The molecule has 2 unspecified atom stereocenters. The Balaban J connectivity index is 1.86. The van der Waals surface area contributed by atoms with E-state index in [-0.39, 0.29) is 22.9 Å². The monoisotopic (exact) mass is 561 g/mol. The second kappa shape index (κ2) is 9.34. The van der Waals surface area contributed by atoms with E-state index in [4.69, 9.17) is 31.5 Å². The van der Waals surface area contributed by atoms with Crippen LogP contribution in [0.15, 0.2) is 11.4 Å². The molecule has 1 saturated heterocycles. The number of aromatic nitrogens is 4. The summed E-state index contributed by atoms with van der Waals surface area (Å²) in [7, 11) is -16.9. The Morgan fingerprint density at radius 1 is 1.23 bits per heavy atom. The molecule has 1 fully saturated rings. The van der Waals surface area contributed by atoms with Gasteiger partial charge in [0.2, 0.25) is 5.95 Å². The first kappa shape index (κ1) is 27.4. The summed E-state index contributed by atoms with van der Waals surface area (Å²) in [6.07, 6.45) is -3.44. The molecular formula is C11H18N9O12P3. The zero-order valence-electron chi connectivity index (χ0n) is 17.2. The Morgan fingerprint density at radius 2 is 1.89 bits per heavy atom. The average molecular weight is 561 g/mol. The van der Waals surface area contributed by atoms with Crippen LogP contribution in [0.1, 0.15) is 13.2 Å². The molecule has 0 spiro atoms. The number of aliphatic hydroxyl groups excluding tert-OH is 1. The number of anilines is 2. The van der Waals surface area contributed by atoms with Crippen LogP contribution in [0, 0.1) is 0 Å². The highest BCUT2D eigenvalue weighted by Crippen LogP contribution is 2.66. The van der Waals surface area contributed by atoms with E-state index in [0.29, 0.717) is 0 Å². The molecule has 2 aromatic heterocycles. The molecule has 6 atom stereocenters. The van der Waals surface area contributed by atoms with Crippen LogP contribution in [-0.4, -0.2) is 68.6 Å². The second-order valence-corrected chi connectivity index (χ2v) is 11.5. The number of rotatable bonds is 9. The van der Waals surface area contributed by atoms with Gasteiger partial charge in [0.05, 0.1) is 19.0 Å². The maximum absolute atomic E-state index is 12.0. The molecule has 0 aromatic carbocycles. The van der Waals surface area contributed by atoms with Crippen LogP contribution in [-0.2, 0) is 31.6 Å². The Bertz CT molecular complexity index is 1330. The lowest BCUT2D eigenvalue weighted by molar-refractivity contribution is -0.0446. The van der Waals surface area contributed by atoms with Crippen molar-refractivity contribution in [1.29, 1.82) is 0 Å². The lowest BCUT2D eigenvalue weighted by Gasteiger charge is -2.28. The van der Waals surface area contributed by atoms with Crippen molar-refractivity contribution in [2.24, 2.45) is 5.11 Å². The van der Waals surface area contributed by atoms with E-state index in [9.17, 15) is 28.6 Å². The van der Waals surface area contributed by atoms with E-state index in [0.717, 1.165) is 0 Å². The van der Waals surface area contributed by atoms with Crippen molar-refractivity contribution in [3.63, 3.8) is 0 Å². The van der Waals surface area contributed by atoms with Crippen LogP contribution < -0.4 is 11.5 Å². The van der Waals surface area contributed by atoms with Gasteiger partial charge in [0.25, 0.3) is 0 Å². The fraction of sp³-hybridized carbons (Fsp3) is 0.545. The van der Waals surface area contributed by atoms with Crippen molar-refractivity contribution in [3.8, 4) is 0 Å². The van der Waals surface area contributed by atoms with Crippen molar-refractivity contribution in [2.45, 2.75) is 30.9 Å². The summed E-state index contributed by atoms with van der Waals surface area (Å²) in [6.45, 7) is 0.260. The topological polar surface area (TPSA) is 334 Å². The number of phosphoric acid groups is 3. The minimum Gasteiger partial charge on any atom is -0.389 e. The standard InChI is InChI=1S/C11H18N9O12P3/c1-11(18-19-14)6(21)4(2-29-34(25,26)32-35(27,28)31-33(22,23)24)30-9(11)20-3-15-5-7(12)16-10(13)17-8(5)20/h3-4,6,9,21H,2H2,1H3,(H,25,26)(H,27,28)(H2,22,23,24)(H4,12,13,16,17)/t4-,6-,9-,11-/m1/s1. The van der Waals surface area contributed by atoms with Crippen LogP contribution in [0.3, 0.4) is 0 Å². The molecule has 9 N–H and O–H groups in total. The van der Waals surface area contributed by atoms with Crippen LogP contribution in [0.4, 0.5) is 11.8 Å². The number of nitrogens with two attached hydrogens (primary N) is 2. The smallest absolute Gasteiger partial charge is 0.389 e. The Kier molecular flexibility index (Phi) is 7.31. The normalized spacial score (nSPS) is 28.3. The third-order valence-corrected chi connectivity index (χ3v) is 8.35. The van der Waals surface area contributed by atoms with Gasteiger partial charge >= 0.3 is 23.5 Å². The molecule has 35 heavy (non-hydrogen) atoms. The van der Waals surface area contributed by atoms with Gasteiger partial charge in [-0.2, -0.15) is 18.6 Å². The molecule has 0 saturated carbocycles. The zero-order valence-corrected chi connectivity index (χ0v) is 19.9. The molecule has 3 heterocycles. The maximum atomic E-state index is 12.0. The molecular weight excluding hydrogens is 543 g/mol. The maximum Gasteiger partial charge on any atom is 0.490 e. The molecule has 0 aliphatic carbocycles. The lowest BCUT2D eigenvalue weighted by atomic mass is 9.93. The minimum atomic E-state index is -5.76. The molecule has 1 aliphatic rings. The van der Waals surface area contributed by atoms with Gasteiger partial charge in [-0.05, 0) is 12.5 Å². The zero-order chi connectivity index (χ0) is 26.4. The fourth-order valence-corrected chi connectivity index (χ4v) is 6.21. The molecule has 3 rings (SSSR count). The highest BCUT2D eigenvalue weighted by atomic mass is 31.3. The summed E-state index contributed by atoms with van der Waals surface area (Å²) >= 11 is 0. The van der Waals surface area contributed by atoms with Gasteiger partial charge in [0.15, 0.2) is 17.7 Å². The SMILES string of the molecule is C[C@@]1(N=[N+]=[N-])[C@H](O)[C@@H](COP(=O)(O)OP(=O)(O)OP(=O)(O)O)O[C@H]1n1cnc2c(N)nc(N)nc21. The second-order valence-electron chi connectivity index (χ2n) is 7.06. The number of hydrogen-bond donors (Lipinski definition) is 7. The van der Waals surface area contributed by atoms with E-state index >= 15 is 0 Å². The van der Waals surface area contributed by atoms with Crippen molar-refractivity contribution >= 4 is 46.4 Å². The number of fused-ring (bicyclic) bond motifs is 1. The third-order valence-electron chi connectivity index (χ3n) is 4.55. The molecule has 24 heteroatoms. The Labute approximate surface area is 193 Å². The van der Waals surface area contributed by atoms with Crippen LogP contribution >= 0.6 is 23.5 Å². The molecule has 194 valence electrons. The predicted octanol–water partition coefficient (Wildman–Crippen LogP) is -0.339. The van der Waals surface area contributed by atoms with Crippen molar-refractivity contribution < 1.29 is 56.3 Å². The van der Waals surface area contributed by atoms with Gasteiger partial charge in [-0.25, -0.2) is 18.7 Å². The van der Waals surface area contributed by atoms with E-state index in [2.05, 4.69) is 38.1 Å². The van der Waals surface area contributed by atoms with E-state index in [1.165, 1.54) is 17.8 Å². The number of nitrogens with zero attached hydrogens (tertiary/aromatic N) is 7. The van der Waals surface area contributed by atoms with E-state index < -0.39 is 54.0 Å². The summed E-state index contributed by atoms with van der Waals surface area (Å²) in [6, 6.07) is 0. The first-order valence-corrected chi connectivity index (χ1v) is 13.4. The predicted molar refractivity (Wildman–Crippen MR) is 111 cm³/mol. The van der Waals surface area contributed by atoms with Gasteiger partial charge in [-0.1, -0.05) is 5.11 Å². The van der Waals surface area contributed by atoms with Gasteiger partial charge in [-0.3, -0.25) is 9.09 Å². The van der Waals surface area contributed by atoms with Gasteiger partial charge in [0.1, 0.15) is 17.2 Å². The average Bonchev–Trinajstić information content (AvgIpc) is 3.17. The fourth-order valence-electron chi connectivity index (χ4n) is 3.18. The quantitative estimate of drug-likeness (QED) is 0.0890. The number of phosphoric ester groups is 1. The number of aliphatic hydroxyl groups is 1.